The lowest BCUT2D eigenvalue weighted by atomic mass is 10.3. The number of benzene rings is 1. The molecule has 0 radical (unpaired) electrons. The van der Waals surface area contributed by atoms with Crippen LogP contribution in [0.25, 0.3) is 0 Å². The average molecular weight is 278 g/mol. The Hall–Kier alpha value is -0.970. The highest BCUT2D eigenvalue weighted by atomic mass is 35.5. The van der Waals surface area contributed by atoms with E-state index < -0.39 is 0 Å². The predicted octanol–water partition coefficient (Wildman–Crippen LogP) is 2.62. The molecule has 2 amide bonds. The van der Waals surface area contributed by atoms with Crippen LogP contribution < -0.4 is 16.4 Å². The molecule has 4 nitrogen and oxygen atoms in total. The highest BCUT2D eigenvalue weighted by molar-refractivity contribution is 6.30. The Balaban J connectivity index is 0.00000256. The minimum absolute atomic E-state index is 0. The number of nitrogens with one attached hydrogen (secondary N) is 2. The molecule has 0 saturated carbocycles. The normalized spacial score (nSPS) is 9.29. The van der Waals surface area contributed by atoms with Gasteiger partial charge in [0.2, 0.25) is 0 Å². The first-order valence-electron chi connectivity index (χ1n) is 5.23. The lowest BCUT2D eigenvalue weighted by molar-refractivity contribution is 0.252. The van der Waals surface area contributed by atoms with Crippen molar-refractivity contribution in [2.45, 2.75) is 12.8 Å². The molecule has 4 N–H and O–H groups in total. The van der Waals surface area contributed by atoms with Crippen LogP contribution in [-0.2, 0) is 0 Å². The highest BCUT2D eigenvalue weighted by Crippen LogP contribution is 2.12. The van der Waals surface area contributed by atoms with E-state index in [9.17, 15) is 4.79 Å². The summed E-state index contributed by atoms with van der Waals surface area (Å²) in [5.41, 5.74) is 6.07. The van der Waals surface area contributed by atoms with E-state index in [2.05, 4.69) is 10.6 Å². The number of unbranched alkanes of at least 4 members (excludes halogenated alkanes) is 1. The van der Waals surface area contributed by atoms with Gasteiger partial charge in [0.05, 0.1) is 0 Å². The zero-order valence-corrected chi connectivity index (χ0v) is 11.0. The Bertz CT molecular complexity index is 330. The molecule has 96 valence electrons. The first kappa shape index (κ1) is 16.0. The molecule has 0 fully saturated rings. The molecule has 1 aromatic carbocycles. The topological polar surface area (TPSA) is 67.1 Å². The maximum atomic E-state index is 11.4. The van der Waals surface area contributed by atoms with Gasteiger partial charge >= 0.3 is 6.03 Å². The number of urea groups is 1. The van der Waals surface area contributed by atoms with Gasteiger partial charge in [0.25, 0.3) is 0 Å². The zero-order chi connectivity index (χ0) is 11.8. The van der Waals surface area contributed by atoms with E-state index >= 15 is 0 Å². The molecule has 17 heavy (non-hydrogen) atoms. The smallest absolute Gasteiger partial charge is 0.319 e. The molecule has 0 aliphatic carbocycles. The first-order chi connectivity index (χ1) is 7.72. The molecule has 6 heteroatoms. The van der Waals surface area contributed by atoms with Crippen molar-refractivity contribution in [3.05, 3.63) is 29.3 Å². The van der Waals surface area contributed by atoms with Crippen LogP contribution >= 0.6 is 24.0 Å². The standard InChI is InChI=1S/C11H16ClN3O.ClH/c12-9-3-5-10(6-4-9)15-11(16)14-8-2-1-7-13;/h3-6H,1-2,7-8,13H2,(H2,14,15,16);1H. The van der Waals surface area contributed by atoms with E-state index in [0.29, 0.717) is 18.1 Å². The van der Waals surface area contributed by atoms with Crippen LogP contribution in [0.15, 0.2) is 24.3 Å². The molecular weight excluding hydrogens is 261 g/mol. The van der Waals surface area contributed by atoms with Gasteiger partial charge in [-0.3, -0.25) is 0 Å². The molecule has 1 aromatic rings. The molecule has 1 rings (SSSR count). The van der Waals surface area contributed by atoms with Gasteiger partial charge in [0.1, 0.15) is 0 Å². The van der Waals surface area contributed by atoms with Crippen molar-refractivity contribution in [1.82, 2.24) is 5.32 Å². The van der Waals surface area contributed by atoms with Crippen molar-refractivity contribution in [1.29, 1.82) is 0 Å². The number of carbonyl (C=O) groups is 1. The Morgan fingerprint density at radius 3 is 2.47 bits per heavy atom. The van der Waals surface area contributed by atoms with Crippen molar-refractivity contribution < 1.29 is 4.79 Å². The van der Waals surface area contributed by atoms with Gasteiger partial charge in [-0.1, -0.05) is 11.6 Å². The summed E-state index contributed by atoms with van der Waals surface area (Å²) in [5.74, 6) is 0. The van der Waals surface area contributed by atoms with Crippen molar-refractivity contribution in [2.24, 2.45) is 5.73 Å². The van der Waals surface area contributed by atoms with Gasteiger partial charge in [-0.2, -0.15) is 0 Å². The fourth-order valence-electron chi connectivity index (χ4n) is 1.18. The number of amides is 2. The fraction of sp³-hybridized carbons (Fsp3) is 0.364. The molecule has 0 aromatic heterocycles. The third-order valence-electron chi connectivity index (χ3n) is 2.02. The lowest BCUT2D eigenvalue weighted by Gasteiger charge is -2.07. The van der Waals surface area contributed by atoms with Crippen molar-refractivity contribution in [2.75, 3.05) is 18.4 Å². The van der Waals surface area contributed by atoms with E-state index in [1.807, 2.05) is 0 Å². The maximum Gasteiger partial charge on any atom is 0.319 e. The molecule has 0 spiro atoms. The van der Waals surface area contributed by atoms with Crippen LogP contribution in [0.2, 0.25) is 5.02 Å². The van der Waals surface area contributed by atoms with Gasteiger partial charge in [0, 0.05) is 17.3 Å². The SMILES string of the molecule is Cl.NCCCCNC(=O)Nc1ccc(Cl)cc1. The molecule has 0 saturated heterocycles. The average Bonchev–Trinajstić information content (AvgIpc) is 2.28. The summed E-state index contributed by atoms with van der Waals surface area (Å²) >= 11 is 5.73. The fourth-order valence-corrected chi connectivity index (χ4v) is 1.31. The summed E-state index contributed by atoms with van der Waals surface area (Å²) in [7, 11) is 0. The molecule has 0 aliphatic rings. The van der Waals surface area contributed by atoms with Gasteiger partial charge in [-0.25, -0.2) is 4.79 Å². The zero-order valence-electron chi connectivity index (χ0n) is 9.41. The van der Waals surface area contributed by atoms with Crippen molar-refractivity contribution in [3.8, 4) is 0 Å². The van der Waals surface area contributed by atoms with E-state index in [4.69, 9.17) is 17.3 Å². The van der Waals surface area contributed by atoms with Gasteiger partial charge in [0.15, 0.2) is 0 Å². The van der Waals surface area contributed by atoms with Crippen LogP contribution in [-0.4, -0.2) is 19.1 Å². The van der Waals surface area contributed by atoms with Gasteiger partial charge in [-0.05, 0) is 43.7 Å². The summed E-state index contributed by atoms with van der Waals surface area (Å²) in [6, 6.07) is 6.75. The molecule has 0 unspecified atom stereocenters. The quantitative estimate of drug-likeness (QED) is 0.725. The molecule has 0 aliphatic heterocycles. The van der Waals surface area contributed by atoms with Gasteiger partial charge in [-0.15, -0.1) is 12.4 Å². The molecule has 0 atom stereocenters. The summed E-state index contributed by atoms with van der Waals surface area (Å²) in [4.78, 5) is 11.4. The minimum Gasteiger partial charge on any atom is -0.338 e. The summed E-state index contributed by atoms with van der Waals surface area (Å²) < 4.78 is 0. The second kappa shape index (κ2) is 9.10. The second-order valence-electron chi connectivity index (χ2n) is 3.38. The number of halogens is 2. The molecule has 0 heterocycles. The van der Waals surface area contributed by atoms with Crippen LogP contribution in [0.4, 0.5) is 10.5 Å². The van der Waals surface area contributed by atoms with Crippen LogP contribution in [0.3, 0.4) is 0 Å². The van der Waals surface area contributed by atoms with Crippen molar-refractivity contribution >= 4 is 35.7 Å². The Labute approximate surface area is 112 Å². The van der Waals surface area contributed by atoms with Crippen LogP contribution in [0, 0.1) is 0 Å². The summed E-state index contributed by atoms with van der Waals surface area (Å²) in [6.45, 7) is 1.29. The number of hydrogen-bond donors (Lipinski definition) is 3. The van der Waals surface area contributed by atoms with E-state index in [0.717, 1.165) is 18.5 Å². The predicted molar refractivity (Wildman–Crippen MR) is 74.0 cm³/mol. The third kappa shape index (κ3) is 7.05. The second-order valence-corrected chi connectivity index (χ2v) is 3.82. The van der Waals surface area contributed by atoms with Crippen LogP contribution in [0.1, 0.15) is 12.8 Å². The van der Waals surface area contributed by atoms with E-state index in [-0.39, 0.29) is 18.4 Å². The Morgan fingerprint density at radius 2 is 1.88 bits per heavy atom. The van der Waals surface area contributed by atoms with Gasteiger partial charge < -0.3 is 16.4 Å². The summed E-state index contributed by atoms with van der Waals surface area (Å²) in [5, 5.41) is 6.10. The number of anilines is 1. The summed E-state index contributed by atoms with van der Waals surface area (Å²) in [6.07, 6.45) is 1.81. The maximum absolute atomic E-state index is 11.4. The number of carbonyl (C=O) groups excluding carboxylic acids is 1. The van der Waals surface area contributed by atoms with E-state index in [1.54, 1.807) is 24.3 Å². The number of nitrogens with two attached hydrogens (primary N) is 1. The highest BCUT2D eigenvalue weighted by Gasteiger charge is 1.99. The number of rotatable bonds is 5. The van der Waals surface area contributed by atoms with Crippen molar-refractivity contribution in [3.63, 3.8) is 0 Å². The first-order valence-corrected chi connectivity index (χ1v) is 5.60. The third-order valence-corrected chi connectivity index (χ3v) is 2.27. The van der Waals surface area contributed by atoms with E-state index in [1.165, 1.54) is 0 Å². The molecular formula is C11H17Cl2N3O. The number of hydrogen-bond acceptors (Lipinski definition) is 2. The minimum atomic E-state index is -0.209. The largest absolute Gasteiger partial charge is 0.338 e. The monoisotopic (exact) mass is 277 g/mol. The molecule has 0 bridgehead atoms. The lowest BCUT2D eigenvalue weighted by Crippen LogP contribution is -2.29. The van der Waals surface area contributed by atoms with Crippen LogP contribution in [0.5, 0.6) is 0 Å². The Kier molecular flexibility index (Phi) is 8.58. The Morgan fingerprint density at radius 1 is 1.24 bits per heavy atom.